The van der Waals surface area contributed by atoms with Crippen molar-refractivity contribution in [3.8, 4) is 0 Å². The molecule has 0 spiro atoms. The van der Waals surface area contributed by atoms with Gasteiger partial charge in [-0.3, -0.25) is 9.59 Å². The molecule has 15 heteroatoms. The van der Waals surface area contributed by atoms with E-state index in [1.54, 1.807) is 24.3 Å². The zero-order chi connectivity index (χ0) is 37.6. The molecule has 2 aromatic rings. The highest BCUT2D eigenvalue weighted by molar-refractivity contribution is 7.89. The quantitative estimate of drug-likeness (QED) is 0.332. The maximum atomic E-state index is 13.9. The summed E-state index contributed by atoms with van der Waals surface area (Å²) in [6.45, 7) is 13.3. The molecule has 2 atom stereocenters. The minimum absolute atomic E-state index is 0.0252. The van der Waals surface area contributed by atoms with E-state index in [0.717, 1.165) is 11.1 Å². The second-order valence-electron chi connectivity index (χ2n) is 13.7. The number of sulfonamides is 2. The van der Waals surface area contributed by atoms with Crippen LogP contribution in [0.25, 0.3) is 0 Å². The third-order valence-electron chi connectivity index (χ3n) is 8.29. The Labute approximate surface area is 304 Å². The third kappa shape index (κ3) is 14.2. The molecular weight excluding hydrogens is 697 g/mol. The lowest BCUT2D eigenvalue weighted by molar-refractivity contribution is -0.135. The molecule has 0 radical (unpaired) electrons. The standard InChI is InChI=1S/C36H56N4O9S2/c1-27(2)25-33(37-50(43,44)31-11-7-29(5)8-12-31)35(41)39-15-19-47-20-16-40(18-22-49-24-23-48-21-17-39)36(42)34(26-28(3)4)38-51(45,46)32-13-9-30(6)10-14-32/h7-14,27-28,33-34,37-38H,15-26H2,1-6H3/t33-,34-/m0/s1. The van der Waals surface area contributed by atoms with Crippen LogP contribution in [0.5, 0.6) is 0 Å². The van der Waals surface area contributed by atoms with E-state index in [2.05, 4.69) is 9.44 Å². The highest BCUT2D eigenvalue weighted by Gasteiger charge is 2.32. The fourth-order valence-electron chi connectivity index (χ4n) is 5.52. The van der Waals surface area contributed by atoms with Crippen LogP contribution in [0.1, 0.15) is 51.7 Å². The molecule has 0 bridgehead atoms. The Morgan fingerprint density at radius 1 is 0.569 bits per heavy atom. The van der Waals surface area contributed by atoms with E-state index < -0.39 is 32.1 Å². The molecule has 3 rings (SSSR count). The van der Waals surface area contributed by atoms with Gasteiger partial charge in [0.15, 0.2) is 0 Å². The first-order chi connectivity index (χ1) is 24.1. The minimum atomic E-state index is -3.97. The molecule has 51 heavy (non-hydrogen) atoms. The summed E-state index contributed by atoms with van der Waals surface area (Å²) in [6.07, 6.45) is 0.580. The summed E-state index contributed by atoms with van der Waals surface area (Å²) >= 11 is 0. The molecule has 1 fully saturated rings. The first-order valence-corrected chi connectivity index (χ1v) is 20.5. The topological polar surface area (TPSA) is 161 Å². The van der Waals surface area contributed by atoms with Crippen molar-refractivity contribution >= 4 is 31.9 Å². The predicted molar refractivity (Wildman–Crippen MR) is 195 cm³/mol. The Hall–Kier alpha value is -2.92. The van der Waals surface area contributed by atoms with Gasteiger partial charge in [-0.1, -0.05) is 63.1 Å². The largest absolute Gasteiger partial charge is 0.378 e. The van der Waals surface area contributed by atoms with Gasteiger partial charge in [0.05, 0.1) is 49.4 Å². The average Bonchev–Trinajstić information content (AvgIpc) is 3.06. The summed E-state index contributed by atoms with van der Waals surface area (Å²) in [5.41, 5.74) is 1.84. The Morgan fingerprint density at radius 2 is 0.863 bits per heavy atom. The maximum absolute atomic E-state index is 13.9. The molecule has 0 aromatic heterocycles. The number of nitrogens with one attached hydrogen (secondary N) is 2. The Morgan fingerprint density at radius 3 is 1.16 bits per heavy atom. The molecular formula is C36H56N4O9S2. The van der Waals surface area contributed by atoms with Gasteiger partial charge in [-0.25, -0.2) is 16.8 Å². The van der Waals surface area contributed by atoms with Crippen LogP contribution in [0, 0.1) is 25.7 Å². The summed E-state index contributed by atoms with van der Waals surface area (Å²) in [5.74, 6) is -0.725. The third-order valence-corrected chi connectivity index (χ3v) is 11.3. The molecule has 1 aliphatic rings. The van der Waals surface area contributed by atoms with E-state index in [1.165, 1.54) is 34.1 Å². The molecule has 1 aliphatic heterocycles. The highest BCUT2D eigenvalue weighted by Crippen LogP contribution is 2.17. The van der Waals surface area contributed by atoms with Gasteiger partial charge < -0.3 is 24.0 Å². The fraction of sp³-hybridized carbons (Fsp3) is 0.611. The molecule has 0 unspecified atom stereocenters. The van der Waals surface area contributed by atoms with Crippen LogP contribution in [-0.4, -0.2) is 116 Å². The number of aryl methyl sites for hydroxylation is 2. The monoisotopic (exact) mass is 752 g/mol. The molecule has 2 amide bonds. The summed E-state index contributed by atoms with van der Waals surface area (Å²) in [5, 5.41) is 0. The van der Waals surface area contributed by atoms with Crippen molar-refractivity contribution in [2.24, 2.45) is 11.8 Å². The number of carbonyl (C=O) groups excluding carboxylic acids is 2. The van der Waals surface area contributed by atoms with E-state index in [4.69, 9.17) is 14.2 Å². The highest BCUT2D eigenvalue weighted by atomic mass is 32.2. The van der Waals surface area contributed by atoms with Gasteiger partial charge in [0.1, 0.15) is 12.1 Å². The van der Waals surface area contributed by atoms with Crippen molar-refractivity contribution in [2.45, 2.75) is 76.3 Å². The van der Waals surface area contributed by atoms with Crippen LogP contribution in [0.4, 0.5) is 0 Å². The molecule has 2 N–H and O–H groups in total. The molecule has 286 valence electrons. The van der Waals surface area contributed by atoms with Crippen LogP contribution in [0.3, 0.4) is 0 Å². The molecule has 1 heterocycles. The van der Waals surface area contributed by atoms with E-state index >= 15 is 0 Å². The van der Waals surface area contributed by atoms with Gasteiger partial charge >= 0.3 is 0 Å². The van der Waals surface area contributed by atoms with Crippen molar-refractivity contribution in [3.63, 3.8) is 0 Å². The van der Waals surface area contributed by atoms with Crippen LogP contribution in [-0.2, 0) is 43.8 Å². The normalized spacial score (nSPS) is 17.5. The van der Waals surface area contributed by atoms with Crippen LogP contribution in [0.15, 0.2) is 58.3 Å². The van der Waals surface area contributed by atoms with E-state index in [-0.39, 0.29) is 112 Å². The van der Waals surface area contributed by atoms with Gasteiger partial charge in [0.2, 0.25) is 31.9 Å². The average molecular weight is 753 g/mol. The SMILES string of the molecule is Cc1ccc(S(=O)(=O)N[C@@H](CC(C)C)C(=O)N2CCOCCOCCN(C(=O)[C@H](CC(C)C)NS(=O)(=O)c3ccc(C)cc3)CCOCC2)cc1. The van der Waals surface area contributed by atoms with E-state index in [1.807, 2.05) is 41.5 Å². The smallest absolute Gasteiger partial charge is 0.241 e. The Bertz CT molecular complexity index is 1480. The van der Waals surface area contributed by atoms with Crippen molar-refractivity contribution < 1.29 is 40.6 Å². The Balaban J connectivity index is 1.72. The molecule has 2 aromatic carbocycles. The van der Waals surface area contributed by atoms with Gasteiger partial charge in [0, 0.05) is 26.2 Å². The molecule has 0 saturated carbocycles. The van der Waals surface area contributed by atoms with Crippen molar-refractivity contribution in [2.75, 3.05) is 65.8 Å². The maximum Gasteiger partial charge on any atom is 0.241 e. The van der Waals surface area contributed by atoms with Crippen LogP contribution < -0.4 is 9.44 Å². The number of amides is 2. The second kappa shape index (κ2) is 20.4. The van der Waals surface area contributed by atoms with Gasteiger partial charge in [-0.05, 0) is 62.8 Å². The molecule has 1 saturated heterocycles. The number of rotatable bonds is 12. The van der Waals surface area contributed by atoms with Crippen molar-refractivity contribution in [3.05, 3.63) is 59.7 Å². The molecule has 0 aliphatic carbocycles. The predicted octanol–water partition coefficient (Wildman–Crippen LogP) is 3.11. The van der Waals surface area contributed by atoms with Crippen molar-refractivity contribution in [1.82, 2.24) is 19.2 Å². The summed E-state index contributed by atoms with van der Waals surface area (Å²) in [6, 6.07) is 10.9. The van der Waals surface area contributed by atoms with Crippen molar-refractivity contribution in [1.29, 1.82) is 0 Å². The number of ether oxygens (including phenoxy) is 3. The lowest BCUT2D eigenvalue weighted by Crippen LogP contribution is -2.51. The van der Waals surface area contributed by atoms with Gasteiger partial charge in [-0.2, -0.15) is 9.44 Å². The van der Waals surface area contributed by atoms with Crippen LogP contribution in [0.2, 0.25) is 0 Å². The van der Waals surface area contributed by atoms with E-state index in [9.17, 15) is 26.4 Å². The summed E-state index contributed by atoms with van der Waals surface area (Å²) < 4.78 is 75.7. The summed E-state index contributed by atoms with van der Waals surface area (Å²) in [4.78, 5) is 31.0. The van der Waals surface area contributed by atoms with Gasteiger partial charge in [-0.15, -0.1) is 0 Å². The number of carbonyl (C=O) groups is 2. The molecule has 13 nitrogen and oxygen atoms in total. The minimum Gasteiger partial charge on any atom is -0.378 e. The van der Waals surface area contributed by atoms with Crippen LogP contribution >= 0.6 is 0 Å². The second-order valence-corrected chi connectivity index (χ2v) is 17.1. The zero-order valence-electron chi connectivity index (χ0n) is 30.8. The lowest BCUT2D eigenvalue weighted by Gasteiger charge is -2.29. The van der Waals surface area contributed by atoms with Gasteiger partial charge in [0.25, 0.3) is 0 Å². The number of benzene rings is 2. The Kier molecular flexibility index (Phi) is 17.0. The number of hydrogen-bond acceptors (Lipinski definition) is 9. The fourth-order valence-corrected chi connectivity index (χ4v) is 7.92. The first-order valence-electron chi connectivity index (χ1n) is 17.6. The zero-order valence-corrected chi connectivity index (χ0v) is 32.4. The summed E-state index contributed by atoms with van der Waals surface area (Å²) in [7, 11) is -7.95. The number of hydrogen-bond donors (Lipinski definition) is 2. The first kappa shape index (κ1) is 42.5. The number of nitrogens with zero attached hydrogens (tertiary/aromatic N) is 2. The lowest BCUT2D eigenvalue weighted by atomic mass is 10.0. The van der Waals surface area contributed by atoms with E-state index in [0.29, 0.717) is 0 Å².